The van der Waals surface area contributed by atoms with Crippen LogP contribution in [0, 0.1) is 20.8 Å². The monoisotopic (exact) mass is 407 g/mol. The van der Waals surface area contributed by atoms with Crippen LogP contribution in [0.1, 0.15) is 53.9 Å². The van der Waals surface area contributed by atoms with Crippen LogP contribution in [0.5, 0.6) is 0 Å². The third-order valence-corrected chi connectivity index (χ3v) is 7.11. The third kappa shape index (κ3) is 3.65. The van der Waals surface area contributed by atoms with Crippen molar-refractivity contribution in [2.75, 3.05) is 0 Å². The van der Waals surface area contributed by atoms with Crippen LogP contribution >= 0.6 is 0 Å². The summed E-state index contributed by atoms with van der Waals surface area (Å²) >= 11 is 0. The summed E-state index contributed by atoms with van der Waals surface area (Å²) in [6.45, 7) is 6.61. The van der Waals surface area contributed by atoms with Gasteiger partial charge in [0.25, 0.3) is 0 Å². The maximum absolute atomic E-state index is 4.91. The highest BCUT2D eigenvalue weighted by Gasteiger charge is 2.19. The maximum Gasteiger partial charge on any atom is 0.213 e. The number of fused-ring (bicyclic) bond motifs is 1. The van der Waals surface area contributed by atoms with Crippen LogP contribution in [-0.4, -0.2) is 4.98 Å². The Morgan fingerprint density at radius 2 is 1.71 bits per heavy atom. The fourth-order valence-corrected chi connectivity index (χ4v) is 5.24. The zero-order valence-corrected chi connectivity index (χ0v) is 19.1. The van der Waals surface area contributed by atoms with Crippen LogP contribution < -0.4 is 4.57 Å². The minimum absolute atomic E-state index is 0.701. The molecule has 4 aromatic rings. The van der Waals surface area contributed by atoms with Gasteiger partial charge in [0.05, 0.1) is 5.69 Å². The Bertz CT molecular complexity index is 1260. The summed E-state index contributed by atoms with van der Waals surface area (Å²) in [6.07, 6.45) is 9.69. The summed E-state index contributed by atoms with van der Waals surface area (Å²) in [6, 6.07) is 18.0. The van der Waals surface area contributed by atoms with Gasteiger partial charge in [-0.2, -0.15) is 0 Å². The number of hydrogen-bond donors (Lipinski definition) is 0. The van der Waals surface area contributed by atoms with E-state index >= 15 is 0 Å². The summed E-state index contributed by atoms with van der Waals surface area (Å²) < 4.78 is 2.25. The van der Waals surface area contributed by atoms with Crippen molar-refractivity contribution in [1.82, 2.24) is 4.98 Å². The van der Waals surface area contributed by atoms with E-state index in [2.05, 4.69) is 93.3 Å². The summed E-state index contributed by atoms with van der Waals surface area (Å²) in [5, 5.41) is 2.50. The van der Waals surface area contributed by atoms with Gasteiger partial charge in [-0.25, -0.2) is 4.57 Å². The molecule has 2 aromatic heterocycles. The van der Waals surface area contributed by atoms with Crippen molar-refractivity contribution in [2.24, 2.45) is 7.05 Å². The zero-order chi connectivity index (χ0) is 21.5. The minimum atomic E-state index is 0.701. The summed E-state index contributed by atoms with van der Waals surface area (Å²) in [4.78, 5) is 4.91. The Labute approximate surface area is 185 Å². The van der Waals surface area contributed by atoms with Crippen molar-refractivity contribution in [3.63, 3.8) is 0 Å². The molecule has 2 heterocycles. The predicted molar refractivity (Wildman–Crippen MR) is 129 cm³/mol. The second-order valence-corrected chi connectivity index (χ2v) is 9.29. The average Bonchev–Trinajstić information content (AvgIpc) is 3.30. The summed E-state index contributed by atoms with van der Waals surface area (Å²) in [7, 11) is 2.15. The van der Waals surface area contributed by atoms with Crippen molar-refractivity contribution in [3.05, 3.63) is 83.2 Å². The predicted octanol–water partition coefficient (Wildman–Crippen LogP) is 6.98. The lowest BCUT2D eigenvalue weighted by atomic mass is 9.94. The molecule has 2 nitrogen and oxygen atoms in total. The quantitative estimate of drug-likeness (QED) is 0.335. The van der Waals surface area contributed by atoms with E-state index in [1.165, 1.54) is 75.5 Å². The Kier molecular flexibility index (Phi) is 5.09. The first-order valence-electron chi connectivity index (χ1n) is 11.5. The second kappa shape index (κ2) is 7.92. The first-order chi connectivity index (χ1) is 15.0. The van der Waals surface area contributed by atoms with E-state index in [-0.39, 0.29) is 0 Å². The SMILES string of the molecule is Cc1cc(C)c(C)c(-c2cc3c(-c4ccc(C5CCCC5)cn4)cccc3c[n+]2C)c1. The highest BCUT2D eigenvalue weighted by Crippen LogP contribution is 2.35. The second-order valence-electron chi connectivity index (χ2n) is 9.29. The minimum Gasteiger partial charge on any atom is -0.256 e. The number of aryl methyl sites for hydroxylation is 3. The molecule has 1 fully saturated rings. The van der Waals surface area contributed by atoms with E-state index in [0.717, 1.165) is 5.69 Å². The van der Waals surface area contributed by atoms with Gasteiger partial charge in [-0.05, 0) is 74.4 Å². The number of pyridine rings is 2. The van der Waals surface area contributed by atoms with Crippen LogP contribution in [0.3, 0.4) is 0 Å². The fraction of sp³-hybridized carbons (Fsp3) is 0.310. The first-order valence-corrected chi connectivity index (χ1v) is 11.5. The molecule has 0 unspecified atom stereocenters. The molecule has 0 N–H and O–H groups in total. The van der Waals surface area contributed by atoms with Crippen LogP contribution in [0.4, 0.5) is 0 Å². The molecule has 2 heteroatoms. The van der Waals surface area contributed by atoms with Gasteiger partial charge in [-0.3, -0.25) is 4.98 Å². The lowest BCUT2D eigenvalue weighted by molar-refractivity contribution is -0.659. The van der Waals surface area contributed by atoms with Gasteiger partial charge >= 0.3 is 0 Å². The third-order valence-electron chi connectivity index (χ3n) is 7.11. The molecule has 1 saturated carbocycles. The number of rotatable bonds is 3. The van der Waals surface area contributed by atoms with Gasteiger partial charge in [0.2, 0.25) is 5.69 Å². The van der Waals surface area contributed by atoms with Crippen molar-refractivity contribution >= 4 is 10.8 Å². The standard InChI is InChI=1S/C29H31N2/c1-19-14-20(2)21(3)26(15-19)29-16-27-24(18-31(29)4)10-7-11-25(27)28-13-12-23(17-30-28)22-8-5-6-9-22/h7,10-18,22H,5-6,8-9H2,1-4H3/q+1. The lowest BCUT2D eigenvalue weighted by Crippen LogP contribution is -2.30. The van der Waals surface area contributed by atoms with Crippen molar-refractivity contribution < 1.29 is 4.57 Å². The molecule has 5 rings (SSSR count). The van der Waals surface area contributed by atoms with Gasteiger partial charge in [-0.15, -0.1) is 0 Å². The van der Waals surface area contributed by atoms with Gasteiger partial charge in [0, 0.05) is 34.2 Å². The molecule has 0 aliphatic heterocycles. The largest absolute Gasteiger partial charge is 0.256 e. The van der Waals surface area contributed by atoms with E-state index in [0.29, 0.717) is 5.92 Å². The normalized spacial score (nSPS) is 14.5. The molecule has 0 spiro atoms. The molecule has 0 saturated heterocycles. The van der Waals surface area contributed by atoms with Crippen LogP contribution in [0.2, 0.25) is 0 Å². The topological polar surface area (TPSA) is 16.8 Å². The van der Waals surface area contributed by atoms with Crippen LogP contribution in [0.15, 0.2) is 60.9 Å². The molecule has 156 valence electrons. The highest BCUT2D eigenvalue weighted by atomic mass is 14.9. The Morgan fingerprint density at radius 3 is 2.45 bits per heavy atom. The number of benzene rings is 2. The fourth-order valence-electron chi connectivity index (χ4n) is 5.24. The zero-order valence-electron chi connectivity index (χ0n) is 19.1. The lowest BCUT2D eigenvalue weighted by Gasteiger charge is -2.12. The van der Waals surface area contributed by atoms with E-state index < -0.39 is 0 Å². The van der Waals surface area contributed by atoms with Crippen molar-refractivity contribution in [1.29, 1.82) is 0 Å². The van der Waals surface area contributed by atoms with Crippen molar-refractivity contribution in [2.45, 2.75) is 52.4 Å². The molecular weight excluding hydrogens is 376 g/mol. The molecule has 0 radical (unpaired) electrons. The molecule has 2 aromatic carbocycles. The molecule has 31 heavy (non-hydrogen) atoms. The van der Waals surface area contributed by atoms with Gasteiger partial charge in [0.15, 0.2) is 6.20 Å². The molecule has 0 atom stereocenters. The van der Waals surface area contributed by atoms with E-state index in [9.17, 15) is 0 Å². The first kappa shape index (κ1) is 19.9. The summed E-state index contributed by atoms with van der Waals surface area (Å²) in [5.41, 5.74) is 10.2. The molecule has 0 bridgehead atoms. The smallest absolute Gasteiger partial charge is 0.213 e. The molecular formula is C29H31N2+. The summed E-state index contributed by atoms with van der Waals surface area (Å²) in [5.74, 6) is 0.701. The molecule has 1 aliphatic carbocycles. The van der Waals surface area contributed by atoms with Gasteiger partial charge in [0.1, 0.15) is 7.05 Å². The number of nitrogens with zero attached hydrogens (tertiary/aromatic N) is 2. The van der Waals surface area contributed by atoms with Crippen LogP contribution in [0.25, 0.3) is 33.3 Å². The number of aromatic nitrogens is 2. The Balaban J connectivity index is 1.64. The average molecular weight is 408 g/mol. The van der Waals surface area contributed by atoms with Gasteiger partial charge < -0.3 is 0 Å². The molecule has 0 amide bonds. The van der Waals surface area contributed by atoms with Gasteiger partial charge in [-0.1, -0.05) is 42.7 Å². The molecule has 1 aliphatic rings. The Hall–Kier alpha value is -3.00. The van der Waals surface area contributed by atoms with E-state index in [4.69, 9.17) is 4.98 Å². The Morgan fingerprint density at radius 1 is 0.903 bits per heavy atom. The number of hydrogen-bond acceptors (Lipinski definition) is 1. The van der Waals surface area contributed by atoms with E-state index in [1.807, 2.05) is 0 Å². The van der Waals surface area contributed by atoms with Crippen LogP contribution in [-0.2, 0) is 7.05 Å². The van der Waals surface area contributed by atoms with Crippen molar-refractivity contribution in [3.8, 4) is 22.5 Å². The maximum atomic E-state index is 4.91. The van der Waals surface area contributed by atoms with E-state index in [1.54, 1.807) is 0 Å². The highest BCUT2D eigenvalue weighted by molar-refractivity contribution is 5.96.